The Bertz CT molecular complexity index is 294. The van der Waals surface area contributed by atoms with Gasteiger partial charge in [0, 0.05) is 7.05 Å². The largest absolute Gasteiger partial charge is 0.463 e. The second-order valence-corrected chi connectivity index (χ2v) is 2.17. The molecule has 0 saturated heterocycles. The van der Waals surface area contributed by atoms with Gasteiger partial charge < -0.3 is 10.5 Å². The number of hydrogen-bond acceptors (Lipinski definition) is 5. The Morgan fingerprint density at radius 2 is 2.42 bits per heavy atom. The molecule has 0 atom stereocenters. The molecule has 0 amide bonds. The number of nitrogens with two attached hydrogens (primary N) is 1. The van der Waals surface area contributed by atoms with Gasteiger partial charge in [-0.15, -0.1) is 0 Å². The van der Waals surface area contributed by atoms with Crippen molar-refractivity contribution in [2.75, 3.05) is 7.11 Å². The molecule has 0 spiro atoms. The summed E-state index contributed by atoms with van der Waals surface area (Å²) >= 11 is 0. The standard InChI is InChI=1S/C6H10N4O2/c1-10-5(6(11)12-2)8-4(3-7)9-10/h3,7H2,1-2H3. The molecule has 1 heterocycles. The maximum Gasteiger partial charge on any atom is 0.375 e. The lowest BCUT2D eigenvalue weighted by Gasteiger charge is -1.94. The third kappa shape index (κ3) is 1.42. The van der Waals surface area contributed by atoms with Crippen LogP contribution in [0.2, 0.25) is 0 Å². The Hall–Kier alpha value is -1.43. The number of rotatable bonds is 2. The Morgan fingerprint density at radius 1 is 1.75 bits per heavy atom. The quantitative estimate of drug-likeness (QED) is 0.579. The van der Waals surface area contributed by atoms with Crippen molar-refractivity contribution in [1.29, 1.82) is 0 Å². The van der Waals surface area contributed by atoms with Crippen molar-refractivity contribution in [3.63, 3.8) is 0 Å². The number of nitrogens with zero attached hydrogens (tertiary/aromatic N) is 3. The smallest absolute Gasteiger partial charge is 0.375 e. The van der Waals surface area contributed by atoms with Crippen molar-refractivity contribution in [3.8, 4) is 0 Å². The highest BCUT2D eigenvalue weighted by Crippen LogP contribution is 1.97. The summed E-state index contributed by atoms with van der Waals surface area (Å²) in [6, 6.07) is 0. The number of ether oxygens (including phenoxy) is 1. The highest BCUT2D eigenvalue weighted by Gasteiger charge is 2.14. The minimum atomic E-state index is -0.510. The van der Waals surface area contributed by atoms with E-state index in [4.69, 9.17) is 5.73 Å². The second-order valence-electron chi connectivity index (χ2n) is 2.17. The minimum absolute atomic E-state index is 0.165. The molecule has 1 rings (SSSR count). The zero-order valence-electron chi connectivity index (χ0n) is 6.94. The topological polar surface area (TPSA) is 83.0 Å². The maximum absolute atomic E-state index is 11.0. The van der Waals surface area contributed by atoms with E-state index in [-0.39, 0.29) is 12.4 Å². The zero-order chi connectivity index (χ0) is 9.14. The molecule has 2 N–H and O–H groups in total. The molecule has 0 aliphatic rings. The number of carbonyl (C=O) groups is 1. The number of hydrogen-bond donors (Lipinski definition) is 1. The molecule has 0 radical (unpaired) electrons. The van der Waals surface area contributed by atoms with Crippen molar-refractivity contribution in [1.82, 2.24) is 14.8 Å². The summed E-state index contributed by atoms with van der Waals surface area (Å²) in [6.07, 6.45) is 0. The average molecular weight is 170 g/mol. The normalized spacial score (nSPS) is 9.92. The lowest BCUT2D eigenvalue weighted by Crippen LogP contribution is -2.09. The van der Waals surface area contributed by atoms with Gasteiger partial charge in [0.25, 0.3) is 0 Å². The van der Waals surface area contributed by atoms with Gasteiger partial charge in [-0.25, -0.2) is 14.5 Å². The molecular weight excluding hydrogens is 160 g/mol. The molecule has 0 aliphatic heterocycles. The predicted octanol–water partition coefficient (Wildman–Crippen LogP) is -0.940. The third-order valence-electron chi connectivity index (χ3n) is 1.36. The van der Waals surface area contributed by atoms with E-state index >= 15 is 0 Å². The monoisotopic (exact) mass is 170 g/mol. The van der Waals surface area contributed by atoms with Crippen molar-refractivity contribution in [3.05, 3.63) is 11.6 Å². The van der Waals surface area contributed by atoms with Crippen molar-refractivity contribution < 1.29 is 9.53 Å². The van der Waals surface area contributed by atoms with Gasteiger partial charge in [0.15, 0.2) is 5.82 Å². The van der Waals surface area contributed by atoms with E-state index in [0.29, 0.717) is 5.82 Å². The summed E-state index contributed by atoms with van der Waals surface area (Å²) < 4.78 is 5.81. The van der Waals surface area contributed by atoms with Gasteiger partial charge in [0.1, 0.15) is 0 Å². The van der Waals surface area contributed by atoms with Crippen LogP contribution in [0.3, 0.4) is 0 Å². The van der Waals surface area contributed by atoms with E-state index in [1.165, 1.54) is 11.8 Å². The predicted molar refractivity (Wildman–Crippen MR) is 40.2 cm³/mol. The first kappa shape index (κ1) is 8.66. The summed E-state index contributed by atoms with van der Waals surface area (Å²) in [6.45, 7) is 0.213. The van der Waals surface area contributed by atoms with Crippen LogP contribution < -0.4 is 5.73 Å². The summed E-state index contributed by atoms with van der Waals surface area (Å²) in [5, 5.41) is 3.88. The van der Waals surface area contributed by atoms with Gasteiger partial charge >= 0.3 is 5.97 Å². The van der Waals surface area contributed by atoms with Gasteiger partial charge in [-0.3, -0.25) is 0 Å². The van der Waals surface area contributed by atoms with Crippen LogP contribution in [0.1, 0.15) is 16.4 Å². The van der Waals surface area contributed by atoms with Gasteiger partial charge in [-0.05, 0) is 0 Å². The maximum atomic E-state index is 11.0. The van der Waals surface area contributed by atoms with Crippen LogP contribution in [0, 0.1) is 0 Å². The fourth-order valence-corrected chi connectivity index (χ4v) is 0.793. The van der Waals surface area contributed by atoms with Gasteiger partial charge in [-0.2, -0.15) is 5.10 Å². The molecule has 0 unspecified atom stereocenters. The summed E-state index contributed by atoms with van der Waals surface area (Å²) in [7, 11) is 2.90. The number of carbonyl (C=O) groups excluding carboxylic acids is 1. The fraction of sp³-hybridized carbons (Fsp3) is 0.500. The Morgan fingerprint density at radius 3 is 2.83 bits per heavy atom. The molecule has 0 fully saturated rings. The minimum Gasteiger partial charge on any atom is -0.463 e. The number of aryl methyl sites for hydroxylation is 1. The SMILES string of the molecule is COC(=O)c1nc(CN)nn1C. The van der Waals surface area contributed by atoms with E-state index in [1.807, 2.05) is 0 Å². The van der Waals surface area contributed by atoms with Crippen LogP contribution in [0.15, 0.2) is 0 Å². The van der Waals surface area contributed by atoms with E-state index in [1.54, 1.807) is 7.05 Å². The Labute approximate surface area is 69.3 Å². The Kier molecular flexibility index (Phi) is 2.39. The van der Waals surface area contributed by atoms with Crippen molar-refractivity contribution in [2.24, 2.45) is 12.8 Å². The van der Waals surface area contributed by atoms with Crippen LogP contribution in [-0.2, 0) is 18.3 Å². The lowest BCUT2D eigenvalue weighted by atomic mass is 10.6. The first-order chi connectivity index (χ1) is 5.69. The van der Waals surface area contributed by atoms with Crippen molar-refractivity contribution in [2.45, 2.75) is 6.54 Å². The first-order valence-electron chi connectivity index (χ1n) is 3.37. The van der Waals surface area contributed by atoms with Crippen LogP contribution >= 0.6 is 0 Å². The third-order valence-corrected chi connectivity index (χ3v) is 1.36. The zero-order valence-corrected chi connectivity index (χ0v) is 6.94. The molecule has 12 heavy (non-hydrogen) atoms. The molecule has 1 aromatic rings. The van der Waals surface area contributed by atoms with E-state index in [0.717, 1.165) is 0 Å². The van der Waals surface area contributed by atoms with Crippen molar-refractivity contribution >= 4 is 5.97 Å². The average Bonchev–Trinajstić information content (AvgIpc) is 2.45. The molecule has 0 bridgehead atoms. The van der Waals surface area contributed by atoms with Crippen LogP contribution in [0.4, 0.5) is 0 Å². The van der Waals surface area contributed by atoms with E-state index in [2.05, 4.69) is 14.8 Å². The van der Waals surface area contributed by atoms with E-state index in [9.17, 15) is 4.79 Å². The fourth-order valence-electron chi connectivity index (χ4n) is 0.793. The molecule has 0 saturated carbocycles. The molecule has 6 nitrogen and oxygen atoms in total. The van der Waals surface area contributed by atoms with E-state index < -0.39 is 5.97 Å². The highest BCUT2D eigenvalue weighted by molar-refractivity contribution is 5.85. The molecule has 0 aromatic carbocycles. The molecular formula is C6H10N4O2. The summed E-state index contributed by atoms with van der Waals surface area (Å²) in [4.78, 5) is 14.8. The van der Waals surface area contributed by atoms with Crippen LogP contribution in [-0.4, -0.2) is 27.8 Å². The van der Waals surface area contributed by atoms with Gasteiger partial charge in [0.2, 0.25) is 5.82 Å². The molecule has 0 aliphatic carbocycles. The highest BCUT2D eigenvalue weighted by atomic mass is 16.5. The first-order valence-corrected chi connectivity index (χ1v) is 3.37. The van der Waals surface area contributed by atoms with Crippen LogP contribution in [0.25, 0.3) is 0 Å². The molecule has 66 valence electrons. The lowest BCUT2D eigenvalue weighted by molar-refractivity contribution is 0.0581. The number of methoxy groups -OCH3 is 1. The van der Waals surface area contributed by atoms with Gasteiger partial charge in [0.05, 0.1) is 13.7 Å². The Balaban J connectivity index is 2.99. The summed E-state index contributed by atoms with van der Waals surface area (Å²) in [5.41, 5.74) is 5.28. The summed E-state index contributed by atoms with van der Waals surface area (Å²) in [5.74, 6) is 0.0838. The molecule has 1 aromatic heterocycles. The molecule has 6 heteroatoms. The second kappa shape index (κ2) is 3.31. The van der Waals surface area contributed by atoms with Gasteiger partial charge in [-0.1, -0.05) is 0 Å². The van der Waals surface area contributed by atoms with Crippen LogP contribution in [0.5, 0.6) is 0 Å². The number of aromatic nitrogens is 3. The number of esters is 1.